The molecule has 1 aromatic carbocycles. The van der Waals surface area contributed by atoms with E-state index >= 15 is 0 Å². The summed E-state index contributed by atoms with van der Waals surface area (Å²) in [5.41, 5.74) is 3.44. The second-order valence-corrected chi connectivity index (χ2v) is 5.28. The zero-order valence-corrected chi connectivity index (χ0v) is 10.6. The largest absolute Gasteiger partial charge is 0.506 e. The summed E-state index contributed by atoms with van der Waals surface area (Å²) >= 11 is 0. The normalized spacial score (nSPS) is 14.1. The lowest BCUT2D eigenvalue weighted by Crippen LogP contribution is -2.38. The Morgan fingerprint density at radius 2 is 1.71 bits per heavy atom. The highest BCUT2D eigenvalue weighted by atomic mass is 32.2. The molecule has 0 heterocycles. The van der Waals surface area contributed by atoms with Gasteiger partial charge in [0.05, 0.1) is 10.5 Å². The van der Waals surface area contributed by atoms with Crippen LogP contribution >= 0.6 is 0 Å². The fourth-order valence-corrected chi connectivity index (χ4v) is 2.17. The summed E-state index contributed by atoms with van der Waals surface area (Å²) in [6.07, 6.45) is -9.93. The molecule has 0 aliphatic heterocycles. The Kier molecular flexibility index (Phi) is 4.41. The monoisotopic (exact) mass is 335 g/mol. The highest BCUT2D eigenvalue weighted by molar-refractivity contribution is 7.90. The molecular formula is C9H7F6N3O2S. The van der Waals surface area contributed by atoms with Crippen LogP contribution in [0.2, 0.25) is 0 Å². The summed E-state index contributed by atoms with van der Waals surface area (Å²) in [6.45, 7) is 0. The van der Waals surface area contributed by atoms with Gasteiger partial charge in [0.15, 0.2) is 0 Å². The zero-order chi connectivity index (χ0) is 16.5. The van der Waals surface area contributed by atoms with E-state index in [4.69, 9.17) is 5.73 Å². The van der Waals surface area contributed by atoms with Crippen molar-refractivity contribution in [3.63, 3.8) is 0 Å². The quantitative estimate of drug-likeness (QED) is 0.374. The van der Waals surface area contributed by atoms with Crippen molar-refractivity contribution in [2.75, 3.05) is 0 Å². The number of nitrogens with zero attached hydrogens (tertiary/aromatic N) is 1. The first-order valence-electron chi connectivity index (χ1n) is 4.93. The molecule has 0 saturated carbocycles. The van der Waals surface area contributed by atoms with Gasteiger partial charge in [0, 0.05) is 0 Å². The minimum absolute atomic E-state index is 0.253. The van der Waals surface area contributed by atoms with Gasteiger partial charge in [0.2, 0.25) is 5.96 Å². The van der Waals surface area contributed by atoms with Crippen LogP contribution in [0.5, 0.6) is 0 Å². The highest BCUT2D eigenvalue weighted by Crippen LogP contribution is 2.30. The molecule has 0 spiro atoms. The van der Waals surface area contributed by atoms with Crippen molar-refractivity contribution in [3.8, 4) is 0 Å². The molecule has 0 fully saturated rings. The van der Waals surface area contributed by atoms with E-state index in [-0.39, 0.29) is 6.07 Å². The number of hydrogen-bond donors (Lipinski definition) is 2. The standard InChI is InChI=1S/C9H7F6N3O2S/c10-8(11,12)5-2-1-3-6(4-5)21(19,20)18-7(16)17-9(13,14)15/h1-4H,(H3,16,17,18). The van der Waals surface area contributed by atoms with Crippen LogP contribution in [0.3, 0.4) is 0 Å². The fourth-order valence-electron chi connectivity index (χ4n) is 1.20. The summed E-state index contributed by atoms with van der Waals surface area (Å²) in [7, 11) is -4.72. The number of halogens is 6. The van der Waals surface area contributed by atoms with Crippen molar-refractivity contribution in [2.24, 2.45) is 10.7 Å². The van der Waals surface area contributed by atoms with E-state index in [9.17, 15) is 34.8 Å². The zero-order valence-electron chi connectivity index (χ0n) is 9.83. The topological polar surface area (TPSA) is 84.5 Å². The van der Waals surface area contributed by atoms with Crippen LogP contribution in [-0.4, -0.2) is 20.7 Å². The average molecular weight is 335 g/mol. The van der Waals surface area contributed by atoms with Gasteiger partial charge in [-0.25, -0.2) is 13.1 Å². The molecule has 0 aromatic heterocycles. The number of hydrogen-bond acceptors (Lipinski definition) is 3. The molecular weight excluding hydrogens is 328 g/mol. The maximum atomic E-state index is 12.4. The number of guanidine groups is 1. The number of sulfonamides is 1. The predicted octanol–water partition coefficient (Wildman–Crippen LogP) is 1.82. The van der Waals surface area contributed by atoms with E-state index in [2.05, 4.69) is 0 Å². The lowest BCUT2D eigenvalue weighted by Gasteiger charge is -2.11. The van der Waals surface area contributed by atoms with Gasteiger partial charge in [0.1, 0.15) is 0 Å². The molecule has 5 nitrogen and oxygen atoms in total. The molecule has 21 heavy (non-hydrogen) atoms. The Labute approximate surface area is 114 Å². The number of benzene rings is 1. The lowest BCUT2D eigenvalue weighted by atomic mass is 10.2. The van der Waals surface area contributed by atoms with Crippen LogP contribution in [0.15, 0.2) is 34.2 Å². The predicted molar refractivity (Wildman–Crippen MR) is 59.4 cm³/mol. The molecule has 3 N–H and O–H groups in total. The smallest absolute Gasteiger partial charge is 0.369 e. The summed E-state index contributed by atoms with van der Waals surface area (Å²) in [6, 6.07) is 2.41. The van der Waals surface area contributed by atoms with Gasteiger partial charge in [-0.2, -0.15) is 13.2 Å². The fraction of sp³-hybridized carbons (Fsp3) is 0.222. The van der Waals surface area contributed by atoms with Crippen LogP contribution in [0.1, 0.15) is 5.56 Å². The molecule has 0 saturated heterocycles. The van der Waals surface area contributed by atoms with Crippen molar-refractivity contribution in [1.29, 1.82) is 0 Å². The third-order valence-electron chi connectivity index (χ3n) is 1.96. The Hall–Kier alpha value is -1.98. The van der Waals surface area contributed by atoms with Gasteiger partial charge in [-0.05, 0) is 18.2 Å². The third kappa shape index (κ3) is 5.13. The molecule has 118 valence electrons. The van der Waals surface area contributed by atoms with E-state index in [1.165, 1.54) is 4.72 Å². The van der Waals surface area contributed by atoms with Gasteiger partial charge in [-0.15, -0.1) is 18.2 Å². The summed E-state index contributed by atoms with van der Waals surface area (Å²) in [4.78, 5) is 0.968. The van der Waals surface area contributed by atoms with Crippen molar-refractivity contribution >= 4 is 16.0 Å². The molecule has 0 amide bonds. The van der Waals surface area contributed by atoms with Crippen molar-refractivity contribution in [1.82, 2.24) is 4.72 Å². The van der Waals surface area contributed by atoms with Crippen LogP contribution in [-0.2, 0) is 16.2 Å². The molecule has 0 radical (unpaired) electrons. The average Bonchev–Trinajstić information content (AvgIpc) is 2.24. The second-order valence-electron chi connectivity index (χ2n) is 3.60. The molecule has 0 aliphatic rings. The van der Waals surface area contributed by atoms with Gasteiger partial charge in [0.25, 0.3) is 10.0 Å². The second kappa shape index (κ2) is 5.42. The van der Waals surface area contributed by atoms with Crippen LogP contribution in [0.25, 0.3) is 0 Å². The highest BCUT2D eigenvalue weighted by Gasteiger charge is 2.32. The number of rotatable bonds is 2. The molecule has 0 aliphatic carbocycles. The maximum Gasteiger partial charge on any atom is 0.506 e. The van der Waals surface area contributed by atoms with Crippen LogP contribution < -0.4 is 10.5 Å². The summed E-state index contributed by atoms with van der Waals surface area (Å²) < 4.78 is 97.3. The first-order valence-corrected chi connectivity index (χ1v) is 6.42. The number of nitrogens with two attached hydrogens (primary N) is 1. The Morgan fingerprint density at radius 1 is 1.14 bits per heavy atom. The van der Waals surface area contributed by atoms with Crippen molar-refractivity contribution in [2.45, 2.75) is 17.4 Å². The summed E-state index contributed by atoms with van der Waals surface area (Å²) in [5, 5.41) is 0. The van der Waals surface area contributed by atoms with Gasteiger partial charge >= 0.3 is 12.5 Å². The molecule has 12 heteroatoms. The lowest BCUT2D eigenvalue weighted by molar-refractivity contribution is -0.137. The molecule has 0 atom stereocenters. The van der Waals surface area contributed by atoms with E-state index in [0.717, 1.165) is 12.1 Å². The first-order chi connectivity index (χ1) is 9.31. The summed E-state index contributed by atoms with van der Waals surface area (Å²) in [5.74, 6) is -1.51. The molecule has 0 unspecified atom stereocenters. The third-order valence-corrected chi connectivity index (χ3v) is 3.31. The minimum Gasteiger partial charge on any atom is -0.369 e. The first kappa shape index (κ1) is 17.1. The van der Waals surface area contributed by atoms with Crippen LogP contribution in [0, 0.1) is 0 Å². The van der Waals surface area contributed by atoms with E-state index in [0.29, 0.717) is 6.07 Å². The SMILES string of the molecule is NC(=NC(F)(F)F)NS(=O)(=O)c1cccc(C(F)(F)F)c1. The number of alkyl halides is 6. The Bertz CT molecular complexity index is 650. The van der Waals surface area contributed by atoms with Crippen molar-refractivity contribution < 1.29 is 34.8 Å². The van der Waals surface area contributed by atoms with E-state index in [1.807, 2.05) is 4.99 Å². The van der Waals surface area contributed by atoms with Gasteiger partial charge in [-0.1, -0.05) is 6.07 Å². The van der Waals surface area contributed by atoms with E-state index in [1.54, 1.807) is 0 Å². The maximum absolute atomic E-state index is 12.4. The molecule has 0 bridgehead atoms. The van der Waals surface area contributed by atoms with Gasteiger partial charge < -0.3 is 5.73 Å². The number of aliphatic imine (C=N–C) groups is 1. The Morgan fingerprint density at radius 3 is 2.19 bits per heavy atom. The van der Waals surface area contributed by atoms with E-state index < -0.39 is 38.9 Å². The minimum atomic E-state index is -5.12. The van der Waals surface area contributed by atoms with Gasteiger partial charge in [-0.3, -0.25) is 0 Å². The van der Waals surface area contributed by atoms with Crippen LogP contribution in [0.4, 0.5) is 26.3 Å². The molecule has 1 rings (SSSR count). The van der Waals surface area contributed by atoms with Crippen molar-refractivity contribution in [3.05, 3.63) is 29.8 Å². The molecule has 1 aromatic rings. The Balaban J connectivity index is 3.13. The number of nitrogens with one attached hydrogen (secondary N) is 1.